The highest BCUT2D eigenvalue weighted by Gasteiger charge is 2.18. The number of nitrogens with one attached hydrogen (secondary N) is 1. The SMILES string of the molecule is CC(O)CC(C)CNC(=O)C1=Cc2cc(F)ccc2OC1. The summed E-state index contributed by atoms with van der Waals surface area (Å²) in [5.74, 6) is 0.183. The molecule has 0 bridgehead atoms. The summed E-state index contributed by atoms with van der Waals surface area (Å²) < 4.78 is 18.6. The van der Waals surface area contributed by atoms with Gasteiger partial charge in [-0.15, -0.1) is 0 Å². The summed E-state index contributed by atoms with van der Waals surface area (Å²) in [6.07, 6.45) is 1.89. The van der Waals surface area contributed by atoms with E-state index in [1.165, 1.54) is 12.1 Å². The van der Waals surface area contributed by atoms with Crippen LogP contribution in [0.1, 0.15) is 25.8 Å². The summed E-state index contributed by atoms with van der Waals surface area (Å²) >= 11 is 0. The summed E-state index contributed by atoms with van der Waals surface area (Å²) in [7, 11) is 0. The van der Waals surface area contributed by atoms with Crippen LogP contribution in [0.2, 0.25) is 0 Å². The lowest BCUT2D eigenvalue weighted by Crippen LogP contribution is -2.32. The van der Waals surface area contributed by atoms with Gasteiger partial charge in [-0.25, -0.2) is 4.39 Å². The smallest absolute Gasteiger partial charge is 0.250 e. The van der Waals surface area contributed by atoms with E-state index in [1.807, 2.05) is 6.92 Å². The lowest BCUT2D eigenvalue weighted by Gasteiger charge is -2.19. The van der Waals surface area contributed by atoms with E-state index in [0.29, 0.717) is 29.9 Å². The molecule has 0 spiro atoms. The maximum atomic E-state index is 13.2. The Morgan fingerprint density at radius 2 is 2.24 bits per heavy atom. The third-order valence-corrected chi connectivity index (χ3v) is 3.33. The molecular weight excluding hydrogens is 273 g/mol. The molecule has 2 unspecified atom stereocenters. The Balaban J connectivity index is 1.97. The second-order valence-corrected chi connectivity index (χ2v) is 5.54. The number of aliphatic hydroxyl groups is 1. The summed E-state index contributed by atoms with van der Waals surface area (Å²) in [6.45, 7) is 4.34. The molecule has 0 aliphatic carbocycles. The van der Waals surface area contributed by atoms with Crippen molar-refractivity contribution < 1.29 is 19.0 Å². The van der Waals surface area contributed by atoms with E-state index in [-0.39, 0.29) is 30.4 Å². The fraction of sp³-hybridized carbons (Fsp3) is 0.438. The summed E-state index contributed by atoms with van der Waals surface area (Å²) in [5, 5.41) is 12.1. The average molecular weight is 293 g/mol. The lowest BCUT2D eigenvalue weighted by molar-refractivity contribution is -0.118. The molecule has 1 aromatic carbocycles. The highest BCUT2D eigenvalue weighted by Crippen LogP contribution is 2.26. The number of hydrogen-bond acceptors (Lipinski definition) is 3. The number of fused-ring (bicyclic) bond motifs is 1. The van der Waals surface area contributed by atoms with E-state index in [9.17, 15) is 14.3 Å². The van der Waals surface area contributed by atoms with Crippen LogP contribution in [-0.2, 0) is 4.79 Å². The predicted molar refractivity (Wildman–Crippen MR) is 78.3 cm³/mol. The Morgan fingerprint density at radius 1 is 1.48 bits per heavy atom. The molecule has 4 nitrogen and oxygen atoms in total. The minimum Gasteiger partial charge on any atom is -0.488 e. The predicted octanol–water partition coefficient (Wildman–Crippen LogP) is 2.12. The molecule has 0 aromatic heterocycles. The summed E-state index contributed by atoms with van der Waals surface area (Å²) in [4.78, 5) is 12.1. The van der Waals surface area contributed by atoms with Crippen molar-refractivity contribution in [3.63, 3.8) is 0 Å². The third kappa shape index (κ3) is 4.29. The van der Waals surface area contributed by atoms with Gasteiger partial charge < -0.3 is 15.2 Å². The molecular formula is C16H20FNO3. The van der Waals surface area contributed by atoms with Gasteiger partial charge in [0.2, 0.25) is 0 Å². The molecule has 114 valence electrons. The molecule has 0 fully saturated rings. The maximum absolute atomic E-state index is 13.2. The van der Waals surface area contributed by atoms with Gasteiger partial charge in [0, 0.05) is 12.1 Å². The normalized spacial score (nSPS) is 16.3. The average Bonchev–Trinajstić information content (AvgIpc) is 2.43. The standard InChI is InChI=1S/C16H20FNO3/c1-10(5-11(2)19)8-18-16(20)13-6-12-7-14(17)3-4-15(12)21-9-13/h3-4,6-7,10-11,19H,5,8-9H2,1-2H3,(H,18,20). The fourth-order valence-corrected chi connectivity index (χ4v) is 2.33. The first kappa shape index (κ1) is 15.5. The van der Waals surface area contributed by atoms with Crippen molar-refractivity contribution in [3.05, 3.63) is 35.2 Å². The maximum Gasteiger partial charge on any atom is 0.250 e. The second kappa shape index (κ2) is 6.72. The number of aliphatic hydroxyl groups excluding tert-OH is 1. The highest BCUT2D eigenvalue weighted by atomic mass is 19.1. The van der Waals surface area contributed by atoms with Crippen molar-refractivity contribution in [2.24, 2.45) is 5.92 Å². The Bertz CT molecular complexity index is 554. The van der Waals surface area contributed by atoms with Crippen LogP contribution in [0, 0.1) is 11.7 Å². The number of carbonyl (C=O) groups is 1. The van der Waals surface area contributed by atoms with Gasteiger partial charge >= 0.3 is 0 Å². The van der Waals surface area contributed by atoms with Crippen molar-refractivity contribution >= 4 is 12.0 Å². The number of halogens is 1. The third-order valence-electron chi connectivity index (χ3n) is 3.33. The number of ether oxygens (including phenoxy) is 1. The zero-order chi connectivity index (χ0) is 15.4. The van der Waals surface area contributed by atoms with Crippen molar-refractivity contribution in [1.82, 2.24) is 5.32 Å². The molecule has 2 rings (SSSR count). The summed E-state index contributed by atoms with van der Waals surface area (Å²) in [5.41, 5.74) is 1.04. The molecule has 5 heteroatoms. The highest BCUT2D eigenvalue weighted by molar-refractivity contribution is 5.99. The largest absolute Gasteiger partial charge is 0.488 e. The molecule has 2 N–H and O–H groups in total. The number of amides is 1. The van der Waals surface area contributed by atoms with E-state index in [0.717, 1.165) is 0 Å². The van der Waals surface area contributed by atoms with Gasteiger partial charge in [0.05, 0.1) is 11.7 Å². The van der Waals surface area contributed by atoms with Crippen LogP contribution in [0.5, 0.6) is 5.75 Å². The van der Waals surface area contributed by atoms with Gasteiger partial charge in [-0.2, -0.15) is 0 Å². The Labute approximate surface area is 123 Å². The van der Waals surface area contributed by atoms with Crippen LogP contribution in [0.15, 0.2) is 23.8 Å². The van der Waals surface area contributed by atoms with Gasteiger partial charge in [0.25, 0.3) is 5.91 Å². The first-order valence-electron chi connectivity index (χ1n) is 7.05. The topological polar surface area (TPSA) is 58.6 Å². The number of benzene rings is 1. The molecule has 0 radical (unpaired) electrons. The van der Waals surface area contributed by atoms with Crippen LogP contribution < -0.4 is 10.1 Å². The van der Waals surface area contributed by atoms with Crippen molar-refractivity contribution in [2.75, 3.05) is 13.2 Å². The lowest BCUT2D eigenvalue weighted by atomic mass is 10.0. The van der Waals surface area contributed by atoms with E-state index in [1.54, 1.807) is 19.1 Å². The number of carbonyl (C=O) groups excluding carboxylic acids is 1. The minimum absolute atomic E-state index is 0.176. The second-order valence-electron chi connectivity index (χ2n) is 5.54. The zero-order valence-corrected chi connectivity index (χ0v) is 12.2. The van der Waals surface area contributed by atoms with E-state index < -0.39 is 0 Å². The summed E-state index contributed by atoms with van der Waals surface area (Å²) in [6, 6.07) is 4.23. The van der Waals surface area contributed by atoms with Gasteiger partial charge in [-0.1, -0.05) is 6.92 Å². The zero-order valence-electron chi connectivity index (χ0n) is 12.2. The Kier molecular flexibility index (Phi) is 4.96. The van der Waals surface area contributed by atoms with Gasteiger partial charge in [0.15, 0.2) is 0 Å². The van der Waals surface area contributed by atoms with Gasteiger partial charge in [0.1, 0.15) is 18.2 Å². The molecule has 0 saturated carbocycles. The van der Waals surface area contributed by atoms with Gasteiger partial charge in [-0.05, 0) is 43.5 Å². The molecule has 0 saturated heterocycles. The molecule has 1 aliphatic heterocycles. The van der Waals surface area contributed by atoms with Crippen LogP contribution >= 0.6 is 0 Å². The van der Waals surface area contributed by atoms with Crippen LogP contribution in [-0.4, -0.2) is 30.3 Å². The monoisotopic (exact) mass is 293 g/mol. The molecule has 1 aromatic rings. The van der Waals surface area contributed by atoms with Crippen LogP contribution in [0.3, 0.4) is 0 Å². The quantitative estimate of drug-likeness (QED) is 0.874. The van der Waals surface area contributed by atoms with E-state index in [4.69, 9.17) is 4.74 Å². The van der Waals surface area contributed by atoms with Crippen molar-refractivity contribution in [3.8, 4) is 5.75 Å². The van der Waals surface area contributed by atoms with Crippen molar-refractivity contribution in [2.45, 2.75) is 26.4 Å². The first-order chi connectivity index (χ1) is 9.95. The van der Waals surface area contributed by atoms with Crippen molar-refractivity contribution in [1.29, 1.82) is 0 Å². The molecule has 1 heterocycles. The molecule has 21 heavy (non-hydrogen) atoms. The Hall–Kier alpha value is -1.88. The number of rotatable bonds is 5. The van der Waals surface area contributed by atoms with Crippen LogP contribution in [0.25, 0.3) is 6.08 Å². The minimum atomic E-state index is -0.385. The molecule has 1 amide bonds. The first-order valence-corrected chi connectivity index (χ1v) is 7.05. The molecule has 1 aliphatic rings. The van der Waals surface area contributed by atoms with E-state index >= 15 is 0 Å². The fourth-order valence-electron chi connectivity index (χ4n) is 2.33. The number of hydrogen-bond donors (Lipinski definition) is 2. The van der Waals surface area contributed by atoms with Gasteiger partial charge in [-0.3, -0.25) is 4.79 Å². The van der Waals surface area contributed by atoms with E-state index in [2.05, 4.69) is 5.32 Å². The molecule has 2 atom stereocenters. The van der Waals surface area contributed by atoms with Crippen LogP contribution in [0.4, 0.5) is 4.39 Å². The Morgan fingerprint density at radius 3 is 2.95 bits per heavy atom.